The van der Waals surface area contributed by atoms with Crippen LogP contribution in [0.5, 0.6) is 11.5 Å². The molecule has 374 valence electrons. The van der Waals surface area contributed by atoms with Crippen LogP contribution in [0.4, 0.5) is 4.79 Å². The molecule has 1 fully saturated rings. The molecule has 20 heteroatoms. The third-order valence-corrected chi connectivity index (χ3v) is 12.1. The average Bonchev–Trinajstić information content (AvgIpc) is 3.32. The maximum Gasteiger partial charge on any atom is 0.326 e. The fourth-order valence-electron chi connectivity index (χ4n) is 7.84. The summed E-state index contributed by atoms with van der Waals surface area (Å²) in [5, 5.41) is 46.1. The van der Waals surface area contributed by atoms with E-state index in [0.717, 1.165) is 16.7 Å². The smallest absolute Gasteiger partial charge is 0.326 e. The fraction of sp³-hybridized carbons (Fsp3) is 0.469. The summed E-state index contributed by atoms with van der Waals surface area (Å²) in [7, 11) is 1.45. The molecular formula is C49H68N10O10. The summed E-state index contributed by atoms with van der Waals surface area (Å²) < 4.78 is 0. The lowest BCUT2D eigenvalue weighted by molar-refractivity contribution is -0.143. The van der Waals surface area contributed by atoms with E-state index >= 15 is 0 Å². The Morgan fingerprint density at radius 1 is 0.783 bits per heavy atom. The molecule has 0 radical (unpaired) electrons. The number of likely N-dealkylation sites (N-methyl/N-ethyl adjacent to an activating group) is 1. The highest BCUT2D eigenvalue weighted by Gasteiger charge is 2.37. The van der Waals surface area contributed by atoms with Gasteiger partial charge in [-0.1, -0.05) is 74.9 Å². The van der Waals surface area contributed by atoms with Gasteiger partial charge in [0.15, 0.2) is 5.96 Å². The molecule has 2 unspecified atom stereocenters. The van der Waals surface area contributed by atoms with Crippen molar-refractivity contribution in [1.82, 2.24) is 36.8 Å². The highest BCUT2D eigenvalue weighted by atomic mass is 16.4. The monoisotopic (exact) mass is 957 g/mol. The molecule has 1 aliphatic rings. The van der Waals surface area contributed by atoms with Crippen LogP contribution in [0.3, 0.4) is 0 Å². The molecule has 69 heavy (non-hydrogen) atoms. The summed E-state index contributed by atoms with van der Waals surface area (Å²) >= 11 is 0. The van der Waals surface area contributed by atoms with E-state index in [0.29, 0.717) is 19.3 Å². The van der Waals surface area contributed by atoms with E-state index in [1.807, 2.05) is 37.3 Å². The van der Waals surface area contributed by atoms with Crippen LogP contribution in [0.2, 0.25) is 0 Å². The normalized spacial score (nSPS) is 20.8. The molecule has 13 N–H and O–H groups in total. The third-order valence-electron chi connectivity index (χ3n) is 12.1. The summed E-state index contributed by atoms with van der Waals surface area (Å²) in [6.45, 7) is 3.79. The van der Waals surface area contributed by atoms with Crippen LogP contribution >= 0.6 is 0 Å². The number of aliphatic imine (C=N–C) groups is 1. The van der Waals surface area contributed by atoms with Crippen LogP contribution in [-0.4, -0.2) is 124 Å². The summed E-state index contributed by atoms with van der Waals surface area (Å²) in [5.41, 5.74) is 13.0. The molecule has 7 atom stereocenters. The third kappa shape index (κ3) is 18.0. The molecule has 0 aromatic heterocycles. The first kappa shape index (κ1) is 54.2. The predicted octanol–water partition coefficient (Wildman–Crippen LogP) is 1.71. The van der Waals surface area contributed by atoms with Crippen LogP contribution in [0, 0.1) is 5.92 Å². The minimum Gasteiger partial charge on any atom is -0.508 e. The number of nitrogens with one attached hydrogen (secondary N) is 6. The SMILES string of the molecule is CC[C@@H](C)[C@@H]1NC(=O)C(NC(=O)N[C@@H](CCCN=C(N)N)C(=O)O)CCCCNC(=O)[C@H](Cc2ccccc2)NC(=O)[C@H](CCc2ccc(O)cc2)N(C)C(=O)C(CCc2ccc(O)cc2)NC1=O. The zero-order valence-corrected chi connectivity index (χ0v) is 39.5. The number of nitrogens with two attached hydrogens (primary N) is 2. The zero-order chi connectivity index (χ0) is 50.5. The standard InChI is InChI=1S/C49H68N10O10/c1-4-30(2)41-45(65)54-37(25-19-31-15-21-34(60)22-16-31)46(66)59(3)40(26-20-32-17-23-35(61)24-18-32)44(64)55-39(29-33-11-6-5-7-12-33)42(62)52-27-9-8-13-36(43(63)58-41)56-49(69)57-38(47(67)68)14-10-28-53-48(50)51/h5-7,11-12,15-18,21-24,30,36-41,60-61H,4,8-10,13-14,19-20,25-29H2,1-3H3,(H,52,62)(H,54,65)(H,55,64)(H,58,63)(H,67,68)(H4,50,51,53)(H2,56,57,69)/t30-,36?,37?,38+,39+,40+,41+/m1/s1. The number of carbonyl (C=O) groups is 7. The fourth-order valence-corrected chi connectivity index (χ4v) is 7.84. The summed E-state index contributed by atoms with van der Waals surface area (Å²) in [6.07, 6.45) is 1.98. The Morgan fingerprint density at radius 2 is 1.39 bits per heavy atom. The molecule has 1 aliphatic heterocycles. The highest BCUT2D eigenvalue weighted by molar-refractivity contribution is 5.96. The molecule has 0 spiro atoms. The van der Waals surface area contributed by atoms with Gasteiger partial charge in [0.25, 0.3) is 0 Å². The van der Waals surface area contributed by atoms with Crippen molar-refractivity contribution in [2.75, 3.05) is 20.1 Å². The number of urea groups is 1. The number of rotatable bonds is 17. The van der Waals surface area contributed by atoms with Gasteiger partial charge < -0.3 is 63.6 Å². The second-order valence-corrected chi connectivity index (χ2v) is 17.4. The molecule has 7 amide bonds. The number of phenolic OH excluding ortho intramolecular Hbond substituents is 2. The van der Waals surface area contributed by atoms with E-state index in [1.54, 1.807) is 31.2 Å². The van der Waals surface area contributed by atoms with Gasteiger partial charge in [-0.15, -0.1) is 0 Å². The van der Waals surface area contributed by atoms with Gasteiger partial charge in [0.05, 0.1) is 0 Å². The van der Waals surface area contributed by atoms with Crippen molar-refractivity contribution in [1.29, 1.82) is 0 Å². The number of aryl methyl sites for hydroxylation is 2. The van der Waals surface area contributed by atoms with Gasteiger partial charge in [0.1, 0.15) is 47.8 Å². The van der Waals surface area contributed by atoms with Gasteiger partial charge >= 0.3 is 12.0 Å². The number of benzene rings is 3. The highest BCUT2D eigenvalue weighted by Crippen LogP contribution is 2.19. The Hall–Kier alpha value is -7.38. The van der Waals surface area contributed by atoms with Crippen molar-refractivity contribution in [3.05, 3.63) is 95.6 Å². The molecule has 4 rings (SSSR count). The van der Waals surface area contributed by atoms with Gasteiger partial charge in [-0.3, -0.25) is 29.0 Å². The molecule has 0 bridgehead atoms. The van der Waals surface area contributed by atoms with Crippen molar-refractivity contribution in [2.24, 2.45) is 22.4 Å². The summed E-state index contributed by atoms with van der Waals surface area (Å²) in [4.78, 5) is 103. The maximum absolute atomic E-state index is 14.9. The Labute approximate surface area is 402 Å². The summed E-state index contributed by atoms with van der Waals surface area (Å²) in [6, 6.07) is 13.5. The number of hydrogen-bond donors (Lipinski definition) is 11. The predicted molar refractivity (Wildman–Crippen MR) is 258 cm³/mol. The number of phenols is 2. The first-order chi connectivity index (χ1) is 32.9. The van der Waals surface area contributed by atoms with Crippen LogP contribution < -0.4 is 43.4 Å². The van der Waals surface area contributed by atoms with Crippen molar-refractivity contribution in [2.45, 2.75) is 121 Å². The molecule has 3 aromatic carbocycles. The Kier molecular flexibility index (Phi) is 21.6. The Balaban J connectivity index is 1.73. The first-order valence-electron chi connectivity index (χ1n) is 23.4. The van der Waals surface area contributed by atoms with Crippen LogP contribution in [0.25, 0.3) is 0 Å². The van der Waals surface area contributed by atoms with Crippen molar-refractivity contribution in [3.63, 3.8) is 0 Å². The van der Waals surface area contributed by atoms with E-state index in [4.69, 9.17) is 11.5 Å². The number of carboxylic acids is 1. The minimum absolute atomic E-state index is 0.0115. The number of guanidine groups is 1. The number of hydrogen-bond acceptors (Lipinski definition) is 10. The lowest BCUT2D eigenvalue weighted by Gasteiger charge is -2.33. The number of amides is 7. The maximum atomic E-state index is 14.9. The lowest BCUT2D eigenvalue weighted by atomic mass is 9.96. The first-order valence-corrected chi connectivity index (χ1v) is 23.4. The molecule has 0 saturated carbocycles. The second kappa shape index (κ2) is 27.4. The van der Waals surface area contributed by atoms with Gasteiger partial charge in [0, 0.05) is 26.6 Å². The number of nitrogens with zero attached hydrogens (tertiary/aromatic N) is 2. The zero-order valence-electron chi connectivity index (χ0n) is 39.5. The van der Waals surface area contributed by atoms with Crippen molar-refractivity contribution >= 4 is 47.5 Å². The largest absolute Gasteiger partial charge is 0.508 e. The molecule has 0 aliphatic carbocycles. The quantitative estimate of drug-likeness (QED) is 0.0524. The molecule has 1 heterocycles. The Bertz CT molecular complexity index is 2210. The van der Waals surface area contributed by atoms with E-state index < -0.39 is 83.7 Å². The van der Waals surface area contributed by atoms with E-state index in [2.05, 4.69) is 36.9 Å². The number of aromatic hydroxyl groups is 2. The van der Waals surface area contributed by atoms with Crippen LogP contribution in [-0.2, 0) is 48.0 Å². The molecule has 1 saturated heterocycles. The average molecular weight is 957 g/mol. The lowest BCUT2D eigenvalue weighted by Crippen LogP contribution is -2.61. The van der Waals surface area contributed by atoms with Crippen molar-refractivity contribution < 1.29 is 48.9 Å². The molecular weight excluding hydrogens is 889 g/mol. The van der Waals surface area contributed by atoms with E-state index in [9.17, 15) is 48.9 Å². The van der Waals surface area contributed by atoms with Crippen LogP contribution in [0.1, 0.15) is 81.9 Å². The topological polar surface area (TPSA) is 320 Å². The van der Waals surface area contributed by atoms with Crippen LogP contribution in [0.15, 0.2) is 83.9 Å². The van der Waals surface area contributed by atoms with Gasteiger partial charge in [0.2, 0.25) is 29.5 Å². The van der Waals surface area contributed by atoms with Crippen molar-refractivity contribution in [3.8, 4) is 11.5 Å². The minimum atomic E-state index is -1.36. The van der Waals surface area contributed by atoms with Gasteiger partial charge in [-0.25, -0.2) is 9.59 Å². The second-order valence-electron chi connectivity index (χ2n) is 17.4. The van der Waals surface area contributed by atoms with Gasteiger partial charge in [-0.2, -0.15) is 0 Å². The summed E-state index contributed by atoms with van der Waals surface area (Å²) in [5.74, 6) is -5.09. The van der Waals surface area contributed by atoms with E-state index in [-0.39, 0.29) is 81.9 Å². The molecule has 20 nitrogen and oxygen atoms in total. The number of aliphatic carboxylic acids is 1. The number of carboxylic acid groups (broad SMARTS) is 1. The molecule has 3 aromatic rings. The van der Waals surface area contributed by atoms with Gasteiger partial charge in [-0.05, 0) is 105 Å². The Morgan fingerprint density at radius 3 is 1.99 bits per heavy atom. The number of carbonyl (C=O) groups excluding carboxylic acids is 6. The van der Waals surface area contributed by atoms with E-state index in [1.165, 1.54) is 36.2 Å².